The normalized spacial score (nSPS) is 27.2. The van der Waals surface area contributed by atoms with Crippen molar-refractivity contribution in [2.24, 2.45) is 5.41 Å². The first kappa shape index (κ1) is 10.2. The van der Waals surface area contributed by atoms with Gasteiger partial charge in [0.25, 0.3) is 0 Å². The van der Waals surface area contributed by atoms with Crippen molar-refractivity contribution in [1.82, 2.24) is 9.36 Å². The molecule has 1 atom stereocenters. The molecular formula is C9H14ClN3S. The first-order chi connectivity index (χ1) is 6.63. The van der Waals surface area contributed by atoms with Crippen LogP contribution in [-0.4, -0.2) is 28.3 Å². The molecule has 0 spiro atoms. The molecule has 0 aromatic carbocycles. The number of anilines is 1. The highest BCUT2D eigenvalue weighted by Crippen LogP contribution is 2.34. The molecule has 1 aliphatic rings. The second kappa shape index (κ2) is 3.66. The molecule has 14 heavy (non-hydrogen) atoms. The summed E-state index contributed by atoms with van der Waals surface area (Å²) in [5, 5.41) is 1.04. The standard InChI is InChI=1S/C9H14ClN3S/c1-7-11-8(14-12-7)13-4-3-9(2,5-10)6-13/h3-6H2,1-2H3. The van der Waals surface area contributed by atoms with E-state index in [0.29, 0.717) is 0 Å². The molecule has 1 unspecified atom stereocenters. The van der Waals surface area contributed by atoms with Crippen LogP contribution in [0.2, 0.25) is 0 Å². The average Bonchev–Trinajstić information content (AvgIpc) is 2.73. The van der Waals surface area contributed by atoms with Crippen molar-refractivity contribution in [3.63, 3.8) is 0 Å². The smallest absolute Gasteiger partial charge is 0.205 e. The molecule has 78 valence electrons. The lowest BCUT2D eigenvalue weighted by atomic mass is 9.93. The molecule has 3 nitrogen and oxygen atoms in total. The summed E-state index contributed by atoms with van der Waals surface area (Å²) in [6.45, 7) is 6.22. The Kier molecular flexibility index (Phi) is 2.66. The molecule has 0 saturated carbocycles. The Morgan fingerprint density at radius 3 is 2.93 bits per heavy atom. The third-order valence-electron chi connectivity index (χ3n) is 2.67. The summed E-state index contributed by atoms with van der Waals surface area (Å²) in [5.41, 5.74) is 0.251. The van der Waals surface area contributed by atoms with E-state index < -0.39 is 0 Å². The van der Waals surface area contributed by atoms with Crippen molar-refractivity contribution in [3.05, 3.63) is 5.82 Å². The molecule has 1 aromatic heterocycles. The summed E-state index contributed by atoms with van der Waals surface area (Å²) < 4.78 is 4.19. The Morgan fingerprint density at radius 1 is 1.64 bits per heavy atom. The van der Waals surface area contributed by atoms with Gasteiger partial charge in [0.1, 0.15) is 5.82 Å². The van der Waals surface area contributed by atoms with E-state index in [-0.39, 0.29) is 5.41 Å². The van der Waals surface area contributed by atoms with Crippen LogP contribution in [0.25, 0.3) is 0 Å². The largest absolute Gasteiger partial charge is 0.346 e. The zero-order valence-corrected chi connectivity index (χ0v) is 10.0. The number of aromatic nitrogens is 2. The second-order valence-corrected chi connectivity index (χ2v) is 5.24. The molecule has 1 aromatic rings. The van der Waals surface area contributed by atoms with Crippen LogP contribution in [0.4, 0.5) is 5.13 Å². The maximum Gasteiger partial charge on any atom is 0.205 e. The lowest BCUT2D eigenvalue weighted by Crippen LogP contribution is -2.25. The molecule has 0 bridgehead atoms. The number of hydrogen-bond acceptors (Lipinski definition) is 4. The number of halogens is 1. The van der Waals surface area contributed by atoms with Gasteiger partial charge in [-0.3, -0.25) is 0 Å². The third kappa shape index (κ3) is 1.86. The SMILES string of the molecule is Cc1nsc(N2CCC(C)(CCl)C2)n1. The fraction of sp³-hybridized carbons (Fsp3) is 0.778. The first-order valence-electron chi connectivity index (χ1n) is 4.74. The van der Waals surface area contributed by atoms with Gasteiger partial charge in [-0.2, -0.15) is 4.37 Å². The number of aryl methyl sites for hydroxylation is 1. The van der Waals surface area contributed by atoms with Crippen molar-refractivity contribution in [2.75, 3.05) is 23.9 Å². The Balaban J connectivity index is 2.09. The van der Waals surface area contributed by atoms with Crippen molar-refractivity contribution in [3.8, 4) is 0 Å². The predicted octanol–water partition coefficient (Wildman–Crippen LogP) is 2.30. The predicted molar refractivity (Wildman–Crippen MR) is 60.3 cm³/mol. The molecule has 2 rings (SSSR count). The highest BCUT2D eigenvalue weighted by Gasteiger charge is 2.34. The van der Waals surface area contributed by atoms with E-state index in [0.717, 1.165) is 36.3 Å². The third-order valence-corrected chi connectivity index (χ3v) is 4.18. The van der Waals surface area contributed by atoms with Gasteiger partial charge in [-0.15, -0.1) is 11.6 Å². The van der Waals surface area contributed by atoms with Crippen LogP contribution >= 0.6 is 23.1 Å². The highest BCUT2D eigenvalue weighted by molar-refractivity contribution is 7.09. The van der Waals surface area contributed by atoms with E-state index in [1.54, 1.807) is 0 Å². The Bertz CT molecular complexity index is 328. The van der Waals surface area contributed by atoms with Crippen LogP contribution in [0.1, 0.15) is 19.2 Å². The minimum absolute atomic E-state index is 0.251. The minimum Gasteiger partial charge on any atom is -0.346 e. The fourth-order valence-electron chi connectivity index (χ4n) is 1.71. The van der Waals surface area contributed by atoms with Gasteiger partial charge in [0.2, 0.25) is 5.13 Å². The zero-order valence-electron chi connectivity index (χ0n) is 8.46. The van der Waals surface area contributed by atoms with E-state index in [1.165, 1.54) is 11.5 Å². The molecular weight excluding hydrogens is 218 g/mol. The van der Waals surface area contributed by atoms with E-state index in [4.69, 9.17) is 11.6 Å². The van der Waals surface area contributed by atoms with Gasteiger partial charge < -0.3 is 4.90 Å². The monoisotopic (exact) mass is 231 g/mol. The Morgan fingerprint density at radius 2 is 2.43 bits per heavy atom. The second-order valence-electron chi connectivity index (χ2n) is 4.24. The lowest BCUT2D eigenvalue weighted by molar-refractivity contribution is 0.425. The first-order valence-corrected chi connectivity index (χ1v) is 6.05. The van der Waals surface area contributed by atoms with Crippen LogP contribution in [0.5, 0.6) is 0 Å². The van der Waals surface area contributed by atoms with Crippen LogP contribution < -0.4 is 4.90 Å². The van der Waals surface area contributed by atoms with Crippen LogP contribution in [0, 0.1) is 12.3 Å². The van der Waals surface area contributed by atoms with Gasteiger partial charge in [-0.25, -0.2) is 4.98 Å². The van der Waals surface area contributed by atoms with E-state index in [9.17, 15) is 0 Å². The zero-order chi connectivity index (χ0) is 10.2. The number of nitrogens with zero attached hydrogens (tertiary/aromatic N) is 3. The van der Waals surface area contributed by atoms with Crippen LogP contribution in [0.15, 0.2) is 0 Å². The summed E-state index contributed by atoms with van der Waals surface area (Å²) in [4.78, 5) is 6.67. The fourth-order valence-corrected chi connectivity index (χ4v) is 2.63. The van der Waals surface area contributed by atoms with Gasteiger partial charge >= 0.3 is 0 Å². The number of hydrogen-bond donors (Lipinski definition) is 0. The maximum absolute atomic E-state index is 5.95. The van der Waals surface area contributed by atoms with E-state index in [1.807, 2.05) is 6.92 Å². The maximum atomic E-state index is 5.95. The van der Waals surface area contributed by atoms with Crippen molar-refractivity contribution in [2.45, 2.75) is 20.3 Å². The summed E-state index contributed by atoms with van der Waals surface area (Å²) >= 11 is 7.43. The van der Waals surface area contributed by atoms with Crippen molar-refractivity contribution >= 4 is 28.3 Å². The molecule has 1 aliphatic heterocycles. The Labute approximate surface area is 93.3 Å². The van der Waals surface area contributed by atoms with E-state index >= 15 is 0 Å². The molecule has 1 fully saturated rings. The van der Waals surface area contributed by atoms with Crippen molar-refractivity contribution in [1.29, 1.82) is 0 Å². The van der Waals surface area contributed by atoms with E-state index in [2.05, 4.69) is 21.2 Å². The van der Waals surface area contributed by atoms with Gasteiger partial charge in [0.05, 0.1) is 0 Å². The summed E-state index contributed by atoms with van der Waals surface area (Å²) in [6.07, 6.45) is 1.15. The highest BCUT2D eigenvalue weighted by atomic mass is 35.5. The molecule has 0 amide bonds. The quantitative estimate of drug-likeness (QED) is 0.732. The summed E-state index contributed by atoms with van der Waals surface area (Å²) in [5.74, 6) is 1.59. The summed E-state index contributed by atoms with van der Waals surface area (Å²) in [6, 6.07) is 0. The Hall–Kier alpha value is -0.350. The van der Waals surface area contributed by atoms with Gasteiger partial charge in [0, 0.05) is 35.9 Å². The molecule has 0 aliphatic carbocycles. The minimum atomic E-state index is 0.251. The number of alkyl halides is 1. The average molecular weight is 232 g/mol. The van der Waals surface area contributed by atoms with Gasteiger partial charge in [-0.05, 0) is 13.3 Å². The lowest BCUT2D eigenvalue weighted by Gasteiger charge is -2.20. The van der Waals surface area contributed by atoms with Crippen LogP contribution in [0.3, 0.4) is 0 Å². The topological polar surface area (TPSA) is 29.0 Å². The molecule has 1 saturated heterocycles. The molecule has 5 heteroatoms. The number of rotatable bonds is 2. The van der Waals surface area contributed by atoms with Gasteiger partial charge in [-0.1, -0.05) is 6.92 Å². The summed E-state index contributed by atoms with van der Waals surface area (Å²) in [7, 11) is 0. The van der Waals surface area contributed by atoms with Crippen LogP contribution in [-0.2, 0) is 0 Å². The molecule has 2 heterocycles. The van der Waals surface area contributed by atoms with Crippen molar-refractivity contribution < 1.29 is 0 Å². The molecule has 0 N–H and O–H groups in total. The van der Waals surface area contributed by atoms with Gasteiger partial charge in [0.15, 0.2) is 0 Å². The molecule has 0 radical (unpaired) electrons.